The number of aliphatic hydroxyl groups excluding tert-OH is 1. The first-order valence-electron chi connectivity index (χ1n) is 6.15. The van der Waals surface area contributed by atoms with Crippen LogP contribution >= 0.6 is 0 Å². The Morgan fingerprint density at radius 1 is 1.44 bits per heavy atom. The highest BCUT2D eigenvalue weighted by Crippen LogP contribution is 2.33. The molecule has 2 atom stereocenters. The lowest BCUT2D eigenvalue weighted by atomic mass is 9.80. The van der Waals surface area contributed by atoms with Gasteiger partial charge in [-0.25, -0.2) is 9.59 Å². The summed E-state index contributed by atoms with van der Waals surface area (Å²) in [6.07, 6.45) is -0.590. The highest BCUT2D eigenvalue weighted by atomic mass is 16.4. The average Bonchev–Trinajstić information content (AvgIpc) is 2.73. The minimum absolute atomic E-state index is 0.162. The van der Waals surface area contributed by atoms with Crippen molar-refractivity contribution in [3.63, 3.8) is 0 Å². The van der Waals surface area contributed by atoms with E-state index >= 15 is 0 Å². The van der Waals surface area contributed by atoms with Crippen LogP contribution in [0.15, 0.2) is 0 Å². The van der Waals surface area contributed by atoms with E-state index in [4.69, 9.17) is 10.2 Å². The van der Waals surface area contributed by atoms with Gasteiger partial charge in [-0.3, -0.25) is 0 Å². The van der Waals surface area contributed by atoms with Gasteiger partial charge < -0.3 is 20.4 Å². The number of urea groups is 1. The second-order valence-electron chi connectivity index (χ2n) is 5.84. The summed E-state index contributed by atoms with van der Waals surface area (Å²) in [7, 11) is 0. The van der Waals surface area contributed by atoms with E-state index in [0.717, 1.165) is 6.42 Å². The second kappa shape index (κ2) is 5.56. The summed E-state index contributed by atoms with van der Waals surface area (Å²) in [4.78, 5) is 23.8. The first-order chi connectivity index (χ1) is 8.21. The molecule has 0 saturated carbocycles. The zero-order valence-corrected chi connectivity index (χ0v) is 11.1. The molecule has 104 valence electrons. The molecule has 2 amide bonds. The molecule has 6 heteroatoms. The number of carbonyl (C=O) groups is 2. The van der Waals surface area contributed by atoms with Crippen LogP contribution in [0.25, 0.3) is 0 Å². The molecule has 1 aliphatic heterocycles. The molecule has 18 heavy (non-hydrogen) atoms. The summed E-state index contributed by atoms with van der Waals surface area (Å²) in [6.45, 7) is 7.54. The van der Waals surface area contributed by atoms with Crippen molar-refractivity contribution in [2.24, 2.45) is 11.3 Å². The number of carboxylic acid groups (broad SMARTS) is 1. The molecule has 0 bridgehead atoms. The van der Waals surface area contributed by atoms with Gasteiger partial charge in [0, 0.05) is 13.1 Å². The number of carbonyl (C=O) groups excluding carboxylic acids is 1. The SMILES string of the molecule is CC(C)(C)C1CCN(C(=O)NCC(O)C(=O)O)C1. The molecule has 1 rings (SSSR count). The van der Waals surface area contributed by atoms with E-state index in [0.29, 0.717) is 19.0 Å². The monoisotopic (exact) mass is 258 g/mol. The van der Waals surface area contributed by atoms with Crippen LogP contribution in [-0.2, 0) is 4.79 Å². The fraction of sp³-hybridized carbons (Fsp3) is 0.833. The third-order valence-corrected chi connectivity index (χ3v) is 3.43. The van der Waals surface area contributed by atoms with Crippen LogP contribution in [0.2, 0.25) is 0 Å². The molecule has 0 aliphatic carbocycles. The van der Waals surface area contributed by atoms with Crippen LogP contribution in [0.3, 0.4) is 0 Å². The van der Waals surface area contributed by atoms with E-state index in [1.54, 1.807) is 4.90 Å². The lowest BCUT2D eigenvalue weighted by Crippen LogP contribution is -2.44. The minimum atomic E-state index is -1.55. The predicted octanol–water partition coefficient (Wildman–Crippen LogP) is 0.509. The Bertz CT molecular complexity index is 325. The van der Waals surface area contributed by atoms with Crippen LogP contribution in [0.1, 0.15) is 27.2 Å². The van der Waals surface area contributed by atoms with Gasteiger partial charge in [0.05, 0.1) is 6.54 Å². The standard InChI is InChI=1S/C12H22N2O4/c1-12(2,3)8-4-5-14(7-8)11(18)13-6-9(15)10(16)17/h8-9,15H,4-7H2,1-3H3,(H,13,18)(H,16,17). The van der Waals surface area contributed by atoms with Crippen molar-refractivity contribution in [1.82, 2.24) is 10.2 Å². The summed E-state index contributed by atoms with van der Waals surface area (Å²) in [6, 6.07) is -0.304. The number of aliphatic hydroxyl groups is 1. The van der Waals surface area contributed by atoms with Crippen molar-refractivity contribution in [3.05, 3.63) is 0 Å². The fourth-order valence-electron chi connectivity index (χ4n) is 2.03. The highest BCUT2D eigenvalue weighted by molar-refractivity contribution is 5.77. The molecule has 6 nitrogen and oxygen atoms in total. The van der Waals surface area contributed by atoms with Crippen LogP contribution in [0.4, 0.5) is 4.79 Å². The van der Waals surface area contributed by atoms with Crippen molar-refractivity contribution in [2.45, 2.75) is 33.3 Å². The number of carboxylic acids is 1. The molecule has 2 unspecified atom stereocenters. The largest absolute Gasteiger partial charge is 0.479 e. The molecule has 0 radical (unpaired) electrons. The maximum atomic E-state index is 11.8. The van der Waals surface area contributed by atoms with E-state index in [-0.39, 0.29) is 18.0 Å². The Morgan fingerprint density at radius 3 is 2.50 bits per heavy atom. The molecule has 1 fully saturated rings. The van der Waals surface area contributed by atoms with Gasteiger partial charge in [0.2, 0.25) is 0 Å². The van der Waals surface area contributed by atoms with Gasteiger partial charge in [-0.2, -0.15) is 0 Å². The first kappa shape index (κ1) is 14.8. The first-order valence-corrected chi connectivity index (χ1v) is 6.15. The lowest BCUT2D eigenvalue weighted by Gasteiger charge is -2.27. The maximum Gasteiger partial charge on any atom is 0.334 e. The third-order valence-electron chi connectivity index (χ3n) is 3.43. The van der Waals surface area contributed by atoms with Crippen LogP contribution in [0, 0.1) is 11.3 Å². The smallest absolute Gasteiger partial charge is 0.334 e. The molecule has 1 heterocycles. The topological polar surface area (TPSA) is 89.9 Å². The molecule has 0 aromatic rings. The van der Waals surface area contributed by atoms with Crippen molar-refractivity contribution in [1.29, 1.82) is 0 Å². The normalized spacial score (nSPS) is 21.8. The average molecular weight is 258 g/mol. The Hall–Kier alpha value is -1.30. The predicted molar refractivity (Wildman–Crippen MR) is 66.2 cm³/mol. The number of nitrogens with one attached hydrogen (secondary N) is 1. The molecule has 3 N–H and O–H groups in total. The lowest BCUT2D eigenvalue weighted by molar-refractivity contribution is -0.146. The van der Waals surface area contributed by atoms with Crippen molar-refractivity contribution >= 4 is 12.0 Å². The van der Waals surface area contributed by atoms with Crippen molar-refractivity contribution in [3.8, 4) is 0 Å². The van der Waals surface area contributed by atoms with Gasteiger partial charge in [-0.15, -0.1) is 0 Å². The zero-order valence-electron chi connectivity index (χ0n) is 11.1. The van der Waals surface area contributed by atoms with Crippen LogP contribution in [0.5, 0.6) is 0 Å². The molecule has 0 spiro atoms. The second-order valence-corrected chi connectivity index (χ2v) is 5.84. The Balaban J connectivity index is 2.39. The molecule has 1 aliphatic rings. The van der Waals surface area contributed by atoms with E-state index in [9.17, 15) is 9.59 Å². The van der Waals surface area contributed by atoms with Gasteiger partial charge in [-0.05, 0) is 17.8 Å². The third kappa shape index (κ3) is 3.87. The van der Waals surface area contributed by atoms with Crippen LogP contribution in [-0.4, -0.2) is 52.9 Å². The Morgan fingerprint density at radius 2 is 2.06 bits per heavy atom. The number of hydrogen-bond acceptors (Lipinski definition) is 3. The number of rotatable bonds is 3. The van der Waals surface area contributed by atoms with E-state index in [1.807, 2.05) is 0 Å². The highest BCUT2D eigenvalue weighted by Gasteiger charge is 2.33. The molecular weight excluding hydrogens is 236 g/mol. The van der Waals surface area contributed by atoms with E-state index < -0.39 is 12.1 Å². The van der Waals surface area contributed by atoms with E-state index in [1.165, 1.54) is 0 Å². The minimum Gasteiger partial charge on any atom is -0.479 e. The number of likely N-dealkylation sites (tertiary alicyclic amines) is 1. The summed E-state index contributed by atoms with van der Waals surface area (Å²) in [5.41, 5.74) is 0.162. The Labute approximate surface area is 107 Å². The molecule has 1 saturated heterocycles. The molecule has 0 aromatic carbocycles. The number of aliphatic carboxylic acids is 1. The van der Waals surface area contributed by atoms with Gasteiger partial charge in [0.15, 0.2) is 6.10 Å². The summed E-state index contributed by atoms with van der Waals surface area (Å²) < 4.78 is 0. The summed E-state index contributed by atoms with van der Waals surface area (Å²) in [5, 5.41) is 20.0. The maximum absolute atomic E-state index is 11.8. The van der Waals surface area contributed by atoms with E-state index in [2.05, 4.69) is 26.1 Å². The quantitative estimate of drug-likeness (QED) is 0.688. The number of amides is 2. The van der Waals surface area contributed by atoms with Crippen molar-refractivity contribution < 1.29 is 19.8 Å². The number of hydrogen-bond donors (Lipinski definition) is 3. The fourth-order valence-corrected chi connectivity index (χ4v) is 2.03. The summed E-state index contributed by atoms with van der Waals surface area (Å²) in [5.74, 6) is -0.878. The van der Waals surface area contributed by atoms with Gasteiger partial charge in [0.1, 0.15) is 0 Å². The Kier molecular flexibility index (Phi) is 4.56. The number of nitrogens with zero attached hydrogens (tertiary/aromatic N) is 1. The molecule has 0 aromatic heterocycles. The van der Waals surface area contributed by atoms with Crippen molar-refractivity contribution in [2.75, 3.05) is 19.6 Å². The summed E-state index contributed by atoms with van der Waals surface area (Å²) >= 11 is 0. The van der Waals surface area contributed by atoms with Gasteiger partial charge in [0.25, 0.3) is 0 Å². The zero-order chi connectivity index (χ0) is 13.9. The molecular formula is C12H22N2O4. The van der Waals surface area contributed by atoms with Crippen LogP contribution < -0.4 is 5.32 Å². The van der Waals surface area contributed by atoms with Gasteiger partial charge in [-0.1, -0.05) is 20.8 Å². The van der Waals surface area contributed by atoms with Gasteiger partial charge >= 0.3 is 12.0 Å².